The molecule has 1 heterocycles. The average molecular weight is 442 g/mol. The van der Waals surface area contributed by atoms with Crippen molar-refractivity contribution in [1.82, 2.24) is 0 Å². The SMILES string of the molecule is O=C(Nc1ccc(NC(=O)c2ccco2)cc1)c1cc(C(F)(F)F)cc(C(F)(F)F)c1. The largest absolute Gasteiger partial charge is 0.459 e. The Bertz CT molecular complexity index is 1060. The summed E-state index contributed by atoms with van der Waals surface area (Å²) >= 11 is 0. The molecule has 0 aliphatic rings. The quantitative estimate of drug-likeness (QED) is 0.500. The van der Waals surface area contributed by atoms with Crippen molar-refractivity contribution in [3.63, 3.8) is 0 Å². The van der Waals surface area contributed by atoms with Gasteiger partial charge in [0.1, 0.15) is 0 Å². The molecule has 0 bridgehead atoms. The van der Waals surface area contributed by atoms with Crippen LogP contribution in [0.1, 0.15) is 32.0 Å². The van der Waals surface area contributed by atoms with Crippen molar-refractivity contribution in [2.24, 2.45) is 0 Å². The van der Waals surface area contributed by atoms with Crippen molar-refractivity contribution in [1.29, 1.82) is 0 Å². The maximum absolute atomic E-state index is 12.9. The van der Waals surface area contributed by atoms with Crippen LogP contribution in [0.15, 0.2) is 65.3 Å². The second-order valence-electron chi connectivity index (χ2n) is 6.26. The molecule has 0 fully saturated rings. The Hall–Kier alpha value is -3.76. The molecule has 0 aliphatic heterocycles. The summed E-state index contributed by atoms with van der Waals surface area (Å²) in [6.07, 6.45) is -8.82. The van der Waals surface area contributed by atoms with E-state index in [2.05, 4.69) is 10.6 Å². The van der Waals surface area contributed by atoms with Crippen LogP contribution in [0.25, 0.3) is 0 Å². The second kappa shape index (κ2) is 8.17. The number of hydrogen-bond acceptors (Lipinski definition) is 3. The monoisotopic (exact) mass is 442 g/mol. The molecule has 162 valence electrons. The van der Waals surface area contributed by atoms with Crippen LogP contribution in [0.5, 0.6) is 0 Å². The molecule has 0 unspecified atom stereocenters. The van der Waals surface area contributed by atoms with Gasteiger partial charge in [0.25, 0.3) is 11.8 Å². The van der Waals surface area contributed by atoms with Gasteiger partial charge in [-0.25, -0.2) is 0 Å². The highest BCUT2D eigenvalue weighted by molar-refractivity contribution is 6.05. The third-order valence-corrected chi connectivity index (χ3v) is 4.00. The summed E-state index contributed by atoms with van der Waals surface area (Å²) in [7, 11) is 0. The standard InChI is InChI=1S/C20H12F6N2O3/c21-19(22,23)12-8-11(9-13(10-12)20(24,25)26)17(29)27-14-3-5-15(6-4-14)28-18(30)16-2-1-7-31-16/h1-10H,(H,27,29)(H,28,30). The van der Waals surface area contributed by atoms with Gasteiger partial charge in [0, 0.05) is 16.9 Å². The van der Waals surface area contributed by atoms with E-state index in [9.17, 15) is 35.9 Å². The topological polar surface area (TPSA) is 71.3 Å². The van der Waals surface area contributed by atoms with Gasteiger partial charge in [-0.15, -0.1) is 0 Å². The lowest BCUT2D eigenvalue weighted by Gasteiger charge is -2.14. The zero-order chi connectivity index (χ0) is 22.8. The molecule has 5 nitrogen and oxygen atoms in total. The molecular formula is C20H12F6N2O3. The zero-order valence-electron chi connectivity index (χ0n) is 15.3. The normalized spacial score (nSPS) is 11.8. The molecule has 3 aromatic rings. The Labute approximate surface area is 170 Å². The highest BCUT2D eigenvalue weighted by Gasteiger charge is 2.37. The van der Waals surface area contributed by atoms with E-state index < -0.39 is 40.9 Å². The lowest BCUT2D eigenvalue weighted by atomic mass is 10.0. The number of anilines is 2. The molecule has 31 heavy (non-hydrogen) atoms. The van der Waals surface area contributed by atoms with Crippen LogP contribution in [0.2, 0.25) is 0 Å². The lowest BCUT2D eigenvalue weighted by molar-refractivity contribution is -0.143. The molecular weight excluding hydrogens is 430 g/mol. The van der Waals surface area contributed by atoms with Crippen LogP contribution in [-0.2, 0) is 12.4 Å². The molecule has 0 aliphatic carbocycles. The van der Waals surface area contributed by atoms with Crippen molar-refractivity contribution >= 4 is 23.2 Å². The number of carbonyl (C=O) groups excluding carboxylic acids is 2. The first kappa shape index (κ1) is 21.9. The van der Waals surface area contributed by atoms with E-state index in [1.165, 1.54) is 42.7 Å². The Morgan fingerprint density at radius 2 is 1.19 bits per heavy atom. The number of alkyl halides is 6. The summed E-state index contributed by atoms with van der Waals surface area (Å²) in [5.74, 6) is -1.64. The predicted molar refractivity (Wildman–Crippen MR) is 97.5 cm³/mol. The van der Waals surface area contributed by atoms with E-state index in [4.69, 9.17) is 4.42 Å². The van der Waals surface area contributed by atoms with E-state index in [1.54, 1.807) is 0 Å². The second-order valence-corrected chi connectivity index (χ2v) is 6.26. The molecule has 0 saturated heterocycles. The Morgan fingerprint density at radius 3 is 1.61 bits per heavy atom. The van der Waals surface area contributed by atoms with Crippen molar-refractivity contribution in [2.75, 3.05) is 10.6 Å². The van der Waals surface area contributed by atoms with Crippen molar-refractivity contribution < 1.29 is 40.3 Å². The van der Waals surface area contributed by atoms with Gasteiger partial charge in [0.2, 0.25) is 0 Å². The van der Waals surface area contributed by atoms with Crippen LogP contribution in [0.4, 0.5) is 37.7 Å². The minimum Gasteiger partial charge on any atom is -0.459 e. The molecule has 2 N–H and O–H groups in total. The molecule has 0 radical (unpaired) electrons. The van der Waals surface area contributed by atoms with Gasteiger partial charge in [-0.2, -0.15) is 26.3 Å². The van der Waals surface area contributed by atoms with Gasteiger partial charge in [-0.05, 0) is 54.6 Å². The number of nitrogens with one attached hydrogen (secondary N) is 2. The fourth-order valence-electron chi connectivity index (χ4n) is 2.53. The molecule has 11 heteroatoms. The highest BCUT2D eigenvalue weighted by Crippen LogP contribution is 2.36. The Kier molecular flexibility index (Phi) is 5.78. The first-order valence-corrected chi connectivity index (χ1v) is 8.49. The van der Waals surface area contributed by atoms with Crippen LogP contribution >= 0.6 is 0 Å². The molecule has 0 saturated carbocycles. The van der Waals surface area contributed by atoms with Crippen molar-refractivity contribution in [3.05, 3.63) is 83.3 Å². The van der Waals surface area contributed by atoms with Gasteiger partial charge >= 0.3 is 12.4 Å². The van der Waals surface area contributed by atoms with Gasteiger partial charge in [0.15, 0.2) is 5.76 Å². The number of benzene rings is 2. The summed E-state index contributed by atoms with van der Waals surface area (Å²) in [6, 6.07) is 8.95. The van der Waals surface area contributed by atoms with Crippen LogP contribution in [0, 0.1) is 0 Å². The van der Waals surface area contributed by atoms with E-state index in [-0.39, 0.29) is 17.5 Å². The lowest BCUT2D eigenvalue weighted by Crippen LogP contribution is -2.17. The summed E-state index contributed by atoms with van der Waals surface area (Å²) in [6.45, 7) is 0. The average Bonchev–Trinajstić information content (AvgIpc) is 3.23. The maximum Gasteiger partial charge on any atom is 0.416 e. The van der Waals surface area contributed by atoms with E-state index >= 15 is 0 Å². The number of furan rings is 1. The fourth-order valence-corrected chi connectivity index (χ4v) is 2.53. The molecule has 0 spiro atoms. The number of hydrogen-bond donors (Lipinski definition) is 2. The third kappa shape index (κ3) is 5.44. The van der Waals surface area contributed by atoms with Gasteiger partial charge < -0.3 is 15.1 Å². The minimum atomic E-state index is -5.07. The summed E-state index contributed by atoms with van der Waals surface area (Å²) in [5, 5.41) is 4.73. The third-order valence-electron chi connectivity index (χ3n) is 4.00. The summed E-state index contributed by atoms with van der Waals surface area (Å²) in [4.78, 5) is 24.2. The summed E-state index contributed by atoms with van der Waals surface area (Å²) < 4.78 is 82.6. The Balaban J connectivity index is 1.77. The first-order chi connectivity index (χ1) is 14.4. The maximum atomic E-state index is 12.9. The van der Waals surface area contributed by atoms with E-state index in [1.807, 2.05) is 0 Å². The van der Waals surface area contributed by atoms with Crippen LogP contribution in [0.3, 0.4) is 0 Å². The number of carbonyl (C=O) groups is 2. The first-order valence-electron chi connectivity index (χ1n) is 8.49. The molecule has 3 rings (SSSR count). The smallest absolute Gasteiger partial charge is 0.416 e. The van der Waals surface area contributed by atoms with Gasteiger partial charge in [0.05, 0.1) is 17.4 Å². The van der Waals surface area contributed by atoms with E-state index in [0.29, 0.717) is 17.8 Å². The van der Waals surface area contributed by atoms with Crippen LogP contribution in [-0.4, -0.2) is 11.8 Å². The number of amides is 2. The minimum absolute atomic E-state index is 0.0578. The molecule has 2 amide bonds. The number of halogens is 6. The molecule has 0 atom stereocenters. The van der Waals surface area contributed by atoms with E-state index in [0.717, 1.165) is 0 Å². The summed E-state index contributed by atoms with van der Waals surface area (Å²) in [5.41, 5.74) is -3.59. The Morgan fingerprint density at radius 1 is 0.710 bits per heavy atom. The van der Waals surface area contributed by atoms with Crippen molar-refractivity contribution in [2.45, 2.75) is 12.4 Å². The van der Waals surface area contributed by atoms with Crippen molar-refractivity contribution in [3.8, 4) is 0 Å². The molecule has 2 aromatic carbocycles. The van der Waals surface area contributed by atoms with Crippen LogP contribution < -0.4 is 10.6 Å². The van der Waals surface area contributed by atoms with Gasteiger partial charge in [-0.1, -0.05) is 0 Å². The highest BCUT2D eigenvalue weighted by atomic mass is 19.4. The number of rotatable bonds is 4. The molecule has 1 aromatic heterocycles. The fraction of sp³-hybridized carbons (Fsp3) is 0.100. The predicted octanol–water partition coefficient (Wildman–Crippen LogP) is 5.82. The van der Waals surface area contributed by atoms with Gasteiger partial charge in [-0.3, -0.25) is 9.59 Å². The zero-order valence-corrected chi connectivity index (χ0v) is 15.3.